The van der Waals surface area contributed by atoms with Crippen LogP contribution in [0.15, 0.2) is 47.4 Å². The number of thioether (sulfide) groups is 1. The summed E-state index contributed by atoms with van der Waals surface area (Å²) >= 11 is 1.59. The summed E-state index contributed by atoms with van der Waals surface area (Å²) in [7, 11) is 4.28. The fraction of sp³-hybridized carbons (Fsp3) is 0.462. The third-order valence-electron chi connectivity index (χ3n) is 6.81. The zero-order valence-electron chi connectivity index (χ0n) is 20.3. The summed E-state index contributed by atoms with van der Waals surface area (Å²) in [4.78, 5) is 33.3. The molecule has 0 aliphatic carbocycles. The number of anilines is 2. The summed E-state index contributed by atoms with van der Waals surface area (Å²) in [5, 5.41) is 5.63. The van der Waals surface area contributed by atoms with E-state index in [-0.39, 0.29) is 6.04 Å². The lowest BCUT2D eigenvalue weighted by Crippen LogP contribution is -2.49. The second-order valence-electron chi connectivity index (χ2n) is 9.16. The zero-order valence-corrected chi connectivity index (χ0v) is 21.2. The third-order valence-corrected chi connectivity index (χ3v) is 7.53. The summed E-state index contributed by atoms with van der Waals surface area (Å²) in [6, 6.07) is 14.2. The van der Waals surface area contributed by atoms with Crippen molar-refractivity contribution in [1.29, 1.82) is 0 Å². The second kappa shape index (κ2) is 11.3. The van der Waals surface area contributed by atoms with Gasteiger partial charge in [-0.15, -0.1) is 11.8 Å². The first-order chi connectivity index (χ1) is 16.4. The fourth-order valence-electron chi connectivity index (χ4n) is 4.76. The van der Waals surface area contributed by atoms with Crippen molar-refractivity contribution in [3.05, 3.63) is 53.6 Å². The molecule has 0 radical (unpaired) electrons. The molecule has 2 aliphatic heterocycles. The van der Waals surface area contributed by atoms with Gasteiger partial charge in [0.15, 0.2) is 0 Å². The highest BCUT2D eigenvalue weighted by molar-refractivity contribution is 7.98. The number of piperazine rings is 1. The molecule has 34 heavy (non-hydrogen) atoms. The van der Waals surface area contributed by atoms with Gasteiger partial charge in [0.1, 0.15) is 0 Å². The summed E-state index contributed by atoms with van der Waals surface area (Å²) in [6.07, 6.45) is 4.21. The summed E-state index contributed by atoms with van der Waals surface area (Å²) < 4.78 is 0. The number of hydrogen-bond donors (Lipinski definition) is 2. The van der Waals surface area contributed by atoms with E-state index >= 15 is 0 Å². The first-order valence-electron chi connectivity index (χ1n) is 11.9. The number of aryl methyl sites for hydroxylation is 1. The molecule has 2 aliphatic rings. The Morgan fingerprint density at radius 3 is 2.56 bits per heavy atom. The average molecular weight is 482 g/mol. The largest absolute Gasteiger partial charge is 0.374 e. The molecule has 0 spiro atoms. The van der Waals surface area contributed by atoms with Gasteiger partial charge in [-0.2, -0.15) is 0 Å². The van der Waals surface area contributed by atoms with Crippen molar-refractivity contribution in [1.82, 2.24) is 15.1 Å². The highest BCUT2D eigenvalue weighted by Crippen LogP contribution is 2.31. The summed E-state index contributed by atoms with van der Waals surface area (Å²) in [6.45, 7) is 5.33. The maximum atomic E-state index is 12.7. The highest BCUT2D eigenvalue weighted by Gasteiger charge is 2.27. The monoisotopic (exact) mass is 481 g/mol. The van der Waals surface area contributed by atoms with E-state index in [1.807, 2.05) is 24.5 Å². The predicted molar refractivity (Wildman–Crippen MR) is 140 cm³/mol. The third kappa shape index (κ3) is 5.92. The van der Waals surface area contributed by atoms with E-state index in [2.05, 4.69) is 57.6 Å². The van der Waals surface area contributed by atoms with Crippen molar-refractivity contribution < 1.29 is 9.59 Å². The number of benzene rings is 2. The van der Waals surface area contributed by atoms with E-state index in [9.17, 15) is 9.59 Å². The molecule has 8 heteroatoms. The van der Waals surface area contributed by atoms with Gasteiger partial charge in [0.25, 0.3) is 0 Å². The average Bonchev–Trinajstić information content (AvgIpc) is 2.85. The summed E-state index contributed by atoms with van der Waals surface area (Å²) in [5.41, 5.74) is 4.49. The van der Waals surface area contributed by atoms with Gasteiger partial charge >= 0.3 is 11.8 Å². The van der Waals surface area contributed by atoms with Crippen LogP contribution >= 0.6 is 11.8 Å². The van der Waals surface area contributed by atoms with Gasteiger partial charge in [0, 0.05) is 62.6 Å². The number of fused-ring (bicyclic) bond motifs is 1. The van der Waals surface area contributed by atoms with Crippen molar-refractivity contribution in [2.75, 3.05) is 69.8 Å². The molecular weight excluding hydrogens is 446 g/mol. The Hall–Kier alpha value is -2.55. The van der Waals surface area contributed by atoms with E-state index in [4.69, 9.17) is 0 Å². The van der Waals surface area contributed by atoms with Crippen molar-refractivity contribution in [2.24, 2.45) is 0 Å². The van der Waals surface area contributed by atoms with Crippen LogP contribution in [0.1, 0.15) is 23.6 Å². The first-order valence-corrected chi connectivity index (χ1v) is 13.2. The van der Waals surface area contributed by atoms with Crippen LogP contribution in [-0.4, -0.2) is 81.2 Å². The number of amides is 2. The lowest BCUT2D eigenvalue weighted by Gasteiger charge is -2.39. The van der Waals surface area contributed by atoms with E-state index in [1.165, 1.54) is 16.8 Å². The number of carbonyl (C=O) groups excluding carboxylic acids is 2. The Balaban J connectivity index is 1.46. The van der Waals surface area contributed by atoms with E-state index in [0.29, 0.717) is 12.2 Å². The molecule has 2 aromatic carbocycles. The van der Waals surface area contributed by atoms with Crippen LogP contribution < -0.4 is 15.5 Å². The minimum absolute atomic E-state index is 0.0304. The molecule has 2 N–H and O–H groups in total. The van der Waals surface area contributed by atoms with Crippen molar-refractivity contribution in [3.8, 4) is 0 Å². The Morgan fingerprint density at radius 1 is 1.00 bits per heavy atom. The quantitative estimate of drug-likeness (QED) is 0.489. The number of rotatable bonds is 6. The molecule has 2 amide bonds. The van der Waals surface area contributed by atoms with Crippen molar-refractivity contribution >= 4 is 35.0 Å². The standard InChI is InChI=1S/C26H35N5O2S/c1-29-12-14-31(15-13-29)24(20-9-10-23-19(16-20)6-5-11-30(23)2)18-27-25(32)26(33)28-21-7-4-8-22(17-21)34-3/h4,7-10,16-17,24H,5-6,11-15,18H2,1-3H3,(H,27,32)(H,28,33)/t24-/m0/s1. The van der Waals surface area contributed by atoms with Crippen LogP contribution in [0.4, 0.5) is 11.4 Å². The lowest BCUT2D eigenvalue weighted by atomic mass is 9.95. The van der Waals surface area contributed by atoms with Crippen molar-refractivity contribution in [2.45, 2.75) is 23.8 Å². The Morgan fingerprint density at radius 2 is 1.79 bits per heavy atom. The molecule has 2 heterocycles. The van der Waals surface area contributed by atoms with Gasteiger partial charge in [-0.1, -0.05) is 18.2 Å². The maximum absolute atomic E-state index is 12.7. The topological polar surface area (TPSA) is 67.9 Å². The minimum Gasteiger partial charge on any atom is -0.374 e. The molecule has 0 aromatic heterocycles. The fourth-order valence-corrected chi connectivity index (χ4v) is 5.22. The molecule has 0 unspecified atom stereocenters. The van der Waals surface area contributed by atoms with Crippen LogP contribution in [-0.2, 0) is 16.0 Å². The minimum atomic E-state index is -0.637. The molecule has 0 saturated carbocycles. The van der Waals surface area contributed by atoms with Gasteiger partial charge in [0.05, 0.1) is 6.04 Å². The molecule has 0 bridgehead atoms. The number of nitrogens with one attached hydrogen (secondary N) is 2. The van der Waals surface area contributed by atoms with Crippen LogP contribution in [0.2, 0.25) is 0 Å². The number of nitrogens with zero attached hydrogens (tertiary/aromatic N) is 3. The number of likely N-dealkylation sites (N-methyl/N-ethyl adjacent to an activating group) is 1. The first kappa shape index (κ1) is 24.6. The predicted octanol–water partition coefficient (Wildman–Crippen LogP) is 2.83. The highest BCUT2D eigenvalue weighted by atomic mass is 32.2. The van der Waals surface area contributed by atoms with Gasteiger partial charge in [-0.3, -0.25) is 14.5 Å². The molecule has 1 atom stereocenters. The van der Waals surface area contributed by atoms with E-state index < -0.39 is 11.8 Å². The molecular formula is C26H35N5O2S. The molecule has 4 rings (SSSR count). The molecule has 1 fully saturated rings. The maximum Gasteiger partial charge on any atom is 0.313 e. The Labute approximate surface area is 206 Å². The van der Waals surface area contributed by atoms with Crippen LogP contribution in [0.5, 0.6) is 0 Å². The smallest absolute Gasteiger partial charge is 0.313 e. The van der Waals surface area contributed by atoms with Gasteiger partial charge in [-0.05, 0) is 61.5 Å². The Bertz CT molecular complexity index is 1020. The van der Waals surface area contributed by atoms with Gasteiger partial charge < -0.3 is 20.4 Å². The summed E-state index contributed by atoms with van der Waals surface area (Å²) in [5.74, 6) is -1.24. The number of hydrogen-bond acceptors (Lipinski definition) is 6. The second-order valence-corrected chi connectivity index (χ2v) is 10.0. The molecule has 1 saturated heterocycles. The van der Waals surface area contributed by atoms with Crippen molar-refractivity contribution in [3.63, 3.8) is 0 Å². The zero-order chi connectivity index (χ0) is 24.1. The van der Waals surface area contributed by atoms with Gasteiger partial charge in [-0.25, -0.2) is 0 Å². The van der Waals surface area contributed by atoms with E-state index in [1.54, 1.807) is 17.8 Å². The molecule has 2 aromatic rings. The Kier molecular flexibility index (Phi) is 8.13. The van der Waals surface area contributed by atoms with Gasteiger partial charge in [0.2, 0.25) is 0 Å². The molecule has 182 valence electrons. The molecule has 7 nitrogen and oxygen atoms in total. The van der Waals surface area contributed by atoms with E-state index in [0.717, 1.165) is 50.5 Å². The van der Waals surface area contributed by atoms with Crippen LogP contribution in [0.25, 0.3) is 0 Å². The lowest BCUT2D eigenvalue weighted by molar-refractivity contribution is -0.136. The SMILES string of the molecule is CSc1cccc(NC(=O)C(=O)NC[C@@H](c2ccc3c(c2)CCCN3C)N2CCN(C)CC2)c1. The number of carbonyl (C=O) groups is 2. The van der Waals surface area contributed by atoms with Crippen LogP contribution in [0, 0.1) is 0 Å². The van der Waals surface area contributed by atoms with Crippen LogP contribution in [0.3, 0.4) is 0 Å². The normalized spacial score (nSPS) is 17.7.